The Kier molecular flexibility index (Phi) is 3.83. The molecular weight excluding hydrogens is 324 g/mol. The monoisotopic (exact) mass is 340 g/mol. The highest BCUT2D eigenvalue weighted by molar-refractivity contribution is 9.10. The van der Waals surface area contributed by atoms with Gasteiger partial charge < -0.3 is 14.6 Å². The summed E-state index contributed by atoms with van der Waals surface area (Å²) in [6, 6.07) is 3.46. The van der Waals surface area contributed by atoms with E-state index in [1.54, 1.807) is 12.1 Å². The number of rotatable bonds is 3. The van der Waals surface area contributed by atoms with E-state index in [2.05, 4.69) is 21.2 Å². The fourth-order valence-corrected chi connectivity index (χ4v) is 2.83. The van der Waals surface area contributed by atoms with Crippen LogP contribution in [-0.4, -0.2) is 35.8 Å². The highest BCUT2D eigenvalue weighted by Crippen LogP contribution is 2.31. The van der Waals surface area contributed by atoms with Gasteiger partial charge in [-0.2, -0.15) is 0 Å². The molecule has 2 heterocycles. The van der Waals surface area contributed by atoms with Crippen LogP contribution in [0.1, 0.15) is 36.2 Å². The maximum Gasteiger partial charge on any atom is 0.287 e. The predicted molar refractivity (Wildman–Crippen MR) is 76.2 cm³/mol. The number of halogens is 1. The first-order valence-electron chi connectivity index (χ1n) is 6.98. The van der Waals surface area contributed by atoms with Gasteiger partial charge in [0.1, 0.15) is 0 Å². The van der Waals surface area contributed by atoms with E-state index in [-0.39, 0.29) is 17.9 Å². The number of hydrogen-bond donors (Lipinski definition) is 1. The lowest BCUT2D eigenvalue weighted by Gasteiger charge is -2.32. The van der Waals surface area contributed by atoms with Crippen molar-refractivity contribution in [3.63, 3.8) is 0 Å². The van der Waals surface area contributed by atoms with Gasteiger partial charge in [-0.25, -0.2) is 0 Å². The molecule has 20 heavy (non-hydrogen) atoms. The van der Waals surface area contributed by atoms with E-state index in [0.717, 1.165) is 38.8 Å². The standard InChI is InChI=1S/C14H17BrN2O3/c15-12-4-3-11(20-12)13(18)16-10-5-7-17(8-6-10)14(19)9-1-2-9/h3-4,9-10H,1-2,5-8H2,(H,16,18). The number of carbonyl (C=O) groups is 2. The number of furan rings is 1. The number of nitrogens with one attached hydrogen (secondary N) is 1. The van der Waals surface area contributed by atoms with Gasteiger partial charge in [0.25, 0.3) is 5.91 Å². The van der Waals surface area contributed by atoms with E-state index in [9.17, 15) is 9.59 Å². The minimum Gasteiger partial charge on any atom is -0.444 e. The molecule has 0 bridgehead atoms. The molecule has 5 nitrogen and oxygen atoms in total. The summed E-state index contributed by atoms with van der Waals surface area (Å²) in [4.78, 5) is 25.8. The molecule has 0 aromatic carbocycles. The van der Waals surface area contributed by atoms with Crippen LogP contribution in [0.2, 0.25) is 0 Å². The van der Waals surface area contributed by atoms with Crippen LogP contribution in [0, 0.1) is 5.92 Å². The van der Waals surface area contributed by atoms with E-state index in [4.69, 9.17) is 4.42 Å². The van der Waals surface area contributed by atoms with E-state index < -0.39 is 0 Å². The van der Waals surface area contributed by atoms with Crippen LogP contribution < -0.4 is 5.32 Å². The maximum atomic E-state index is 12.0. The molecule has 1 aliphatic heterocycles. The second-order valence-electron chi connectivity index (χ2n) is 5.45. The Morgan fingerprint density at radius 3 is 2.45 bits per heavy atom. The highest BCUT2D eigenvalue weighted by atomic mass is 79.9. The van der Waals surface area contributed by atoms with Gasteiger partial charge in [-0.1, -0.05) is 0 Å². The third-order valence-corrected chi connectivity index (χ3v) is 4.29. The van der Waals surface area contributed by atoms with Crippen molar-refractivity contribution in [3.05, 3.63) is 22.6 Å². The summed E-state index contributed by atoms with van der Waals surface area (Å²) in [7, 11) is 0. The van der Waals surface area contributed by atoms with Gasteiger partial charge >= 0.3 is 0 Å². The lowest BCUT2D eigenvalue weighted by molar-refractivity contribution is -0.133. The van der Waals surface area contributed by atoms with Gasteiger partial charge in [0.05, 0.1) is 0 Å². The Labute approximate surface area is 125 Å². The first-order valence-corrected chi connectivity index (χ1v) is 7.78. The van der Waals surface area contributed by atoms with E-state index in [0.29, 0.717) is 16.3 Å². The summed E-state index contributed by atoms with van der Waals surface area (Å²) >= 11 is 3.18. The first-order chi connectivity index (χ1) is 9.63. The van der Waals surface area contributed by atoms with Crippen molar-refractivity contribution in [2.75, 3.05) is 13.1 Å². The topological polar surface area (TPSA) is 62.6 Å². The molecule has 1 aliphatic carbocycles. The molecule has 1 saturated heterocycles. The highest BCUT2D eigenvalue weighted by Gasteiger charge is 2.35. The fourth-order valence-electron chi connectivity index (χ4n) is 2.53. The van der Waals surface area contributed by atoms with E-state index in [1.165, 1.54) is 0 Å². The summed E-state index contributed by atoms with van der Waals surface area (Å²) in [5.41, 5.74) is 0. The summed E-state index contributed by atoms with van der Waals surface area (Å²) in [6.45, 7) is 1.48. The van der Waals surface area contributed by atoms with E-state index >= 15 is 0 Å². The van der Waals surface area contributed by atoms with Crippen molar-refractivity contribution in [1.82, 2.24) is 10.2 Å². The molecule has 2 aliphatic rings. The number of nitrogens with zero attached hydrogens (tertiary/aromatic N) is 1. The van der Waals surface area contributed by atoms with Gasteiger partial charge in [-0.05, 0) is 53.7 Å². The second kappa shape index (κ2) is 5.60. The minimum atomic E-state index is -0.192. The number of piperidine rings is 1. The summed E-state index contributed by atoms with van der Waals surface area (Å²) < 4.78 is 5.77. The molecule has 0 atom stereocenters. The van der Waals surface area contributed by atoms with Crippen LogP contribution in [0.5, 0.6) is 0 Å². The van der Waals surface area contributed by atoms with Crippen molar-refractivity contribution in [2.24, 2.45) is 5.92 Å². The Balaban J connectivity index is 1.48. The van der Waals surface area contributed by atoms with Gasteiger partial charge in [-0.15, -0.1) is 0 Å². The molecule has 1 aromatic heterocycles. The van der Waals surface area contributed by atoms with Crippen molar-refractivity contribution < 1.29 is 14.0 Å². The lowest BCUT2D eigenvalue weighted by Crippen LogP contribution is -2.46. The van der Waals surface area contributed by atoms with Gasteiger partial charge in [-0.3, -0.25) is 9.59 Å². The van der Waals surface area contributed by atoms with Crippen molar-refractivity contribution in [2.45, 2.75) is 31.7 Å². The van der Waals surface area contributed by atoms with Crippen molar-refractivity contribution >= 4 is 27.7 Å². The zero-order valence-electron chi connectivity index (χ0n) is 11.1. The Bertz CT molecular complexity index is 516. The first kappa shape index (κ1) is 13.7. The van der Waals surface area contributed by atoms with Gasteiger partial charge in [0, 0.05) is 25.0 Å². The molecular formula is C14H17BrN2O3. The Morgan fingerprint density at radius 1 is 1.20 bits per heavy atom. The zero-order chi connectivity index (χ0) is 14.1. The van der Waals surface area contributed by atoms with Crippen LogP contribution in [0.4, 0.5) is 0 Å². The summed E-state index contributed by atoms with van der Waals surface area (Å²) in [5.74, 6) is 0.697. The van der Waals surface area contributed by atoms with Crippen molar-refractivity contribution in [1.29, 1.82) is 0 Å². The molecule has 108 valence electrons. The second-order valence-corrected chi connectivity index (χ2v) is 6.23. The molecule has 6 heteroatoms. The smallest absolute Gasteiger partial charge is 0.287 e. The quantitative estimate of drug-likeness (QED) is 0.917. The molecule has 1 aromatic rings. The third kappa shape index (κ3) is 3.06. The predicted octanol–water partition coefficient (Wildman–Crippen LogP) is 2.17. The molecule has 1 N–H and O–H groups in total. The normalized spacial score (nSPS) is 19.9. The van der Waals surface area contributed by atoms with Crippen LogP contribution >= 0.6 is 15.9 Å². The SMILES string of the molecule is O=C(NC1CCN(C(=O)C2CC2)CC1)c1ccc(Br)o1. The van der Waals surface area contributed by atoms with Gasteiger partial charge in [0.15, 0.2) is 10.4 Å². The summed E-state index contributed by atoms with van der Waals surface area (Å²) in [5, 5.41) is 2.96. The Morgan fingerprint density at radius 2 is 1.90 bits per heavy atom. The summed E-state index contributed by atoms with van der Waals surface area (Å²) in [6.07, 6.45) is 3.71. The number of likely N-dealkylation sites (tertiary alicyclic amines) is 1. The number of hydrogen-bond acceptors (Lipinski definition) is 3. The fraction of sp³-hybridized carbons (Fsp3) is 0.571. The molecule has 0 radical (unpaired) electrons. The minimum absolute atomic E-state index is 0.120. The molecule has 3 rings (SSSR count). The maximum absolute atomic E-state index is 12.0. The molecule has 0 unspecified atom stereocenters. The largest absolute Gasteiger partial charge is 0.444 e. The molecule has 2 fully saturated rings. The van der Waals surface area contributed by atoms with Crippen LogP contribution in [0.3, 0.4) is 0 Å². The average Bonchev–Trinajstić information content (AvgIpc) is 3.20. The Hall–Kier alpha value is -1.30. The number of carbonyl (C=O) groups excluding carboxylic acids is 2. The molecule has 1 saturated carbocycles. The van der Waals surface area contributed by atoms with Crippen LogP contribution in [-0.2, 0) is 4.79 Å². The number of amides is 2. The zero-order valence-corrected chi connectivity index (χ0v) is 12.7. The van der Waals surface area contributed by atoms with Crippen LogP contribution in [0.15, 0.2) is 21.2 Å². The lowest BCUT2D eigenvalue weighted by atomic mass is 10.0. The van der Waals surface area contributed by atoms with E-state index in [1.807, 2.05) is 4.90 Å². The van der Waals surface area contributed by atoms with Gasteiger partial charge in [0.2, 0.25) is 5.91 Å². The molecule has 2 amide bonds. The van der Waals surface area contributed by atoms with Crippen LogP contribution in [0.25, 0.3) is 0 Å². The third-order valence-electron chi connectivity index (χ3n) is 3.87. The molecule has 0 spiro atoms. The average molecular weight is 341 g/mol. The van der Waals surface area contributed by atoms with Crippen molar-refractivity contribution in [3.8, 4) is 0 Å².